The minimum absolute atomic E-state index is 0.0187. The second-order valence-corrected chi connectivity index (χ2v) is 9.61. The van der Waals surface area contributed by atoms with Gasteiger partial charge in [-0.15, -0.1) is 13.2 Å². The number of morpholine rings is 1. The van der Waals surface area contributed by atoms with E-state index in [2.05, 4.69) is 15.0 Å². The van der Waals surface area contributed by atoms with Gasteiger partial charge >= 0.3 is 6.36 Å². The standard InChI is InChI=1S/C28H27F3N4O4/c29-28(30,31)39-24-7-5-20(16-22(24)34-26(37)27(9-10-27)35-11-13-38-14-12-35)23(36)15-18-1-3-19(4-2-18)21-6-8-25(32)33-17-21/h1-8,16-17H,9-15H2,(H2,32,33)(H,34,37). The quantitative estimate of drug-likeness (QED) is 0.407. The fourth-order valence-corrected chi connectivity index (χ4v) is 4.73. The Morgan fingerprint density at radius 2 is 1.72 bits per heavy atom. The number of aromatic nitrogens is 1. The summed E-state index contributed by atoms with van der Waals surface area (Å²) < 4.78 is 48.8. The summed E-state index contributed by atoms with van der Waals surface area (Å²) in [7, 11) is 0. The summed E-state index contributed by atoms with van der Waals surface area (Å²) in [6.07, 6.45) is -2.11. The molecular formula is C28H27F3N4O4. The van der Waals surface area contributed by atoms with Crippen molar-refractivity contribution >= 4 is 23.2 Å². The van der Waals surface area contributed by atoms with Gasteiger partial charge in [-0.2, -0.15) is 0 Å². The average molecular weight is 541 g/mol. The van der Waals surface area contributed by atoms with Gasteiger partial charge in [0.1, 0.15) is 11.4 Å². The molecule has 2 aliphatic rings. The average Bonchev–Trinajstić information content (AvgIpc) is 3.73. The first kappa shape index (κ1) is 26.6. The summed E-state index contributed by atoms with van der Waals surface area (Å²) in [5, 5.41) is 2.61. The molecule has 1 aliphatic heterocycles. The molecule has 2 heterocycles. The molecule has 1 saturated heterocycles. The van der Waals surface area contributed by atoms with Crippen LogP contribution < -0.4 is 15.8 Å². The van der Waals surface area contributed by atoms with Crippen LogP contribution in [0.1, 0.15) is 28.8 Å². The number of nitrogens with two attached hydrogens (primary N) is 1. The Bertz CT molecular complexity index is 1350. The molecule has 0 bridgehead atoms. The summed E-state index contributed by atoms with van der Waals surface area (Å²) >= 11 is 0. The molecule has 0 radical (unpaired) electrons. The summed E-state index contributed by atoms with van der Waals surface area (Å²) in [6, 6.07) is 14.4. The number of ether oxygens (including phenoxy) is 2. The van der Waals surface area contributed by atoms with Gasteiger partial charge in [0.05, 0.1) is 18.9 Å². The fraction of sp³-hybridized carbons (Fsp3) is 0.321. The molecule has 1 amide bonds. The van der Waals surface area contributed by atoms with E-state index in [0.29, 0.717) is 45.0 Å². The number of hydrogen-bond donors (Lipinski definition) is 2. The highest BCUT2D eigenvalue weighted by molar-refractivity contribution is 6.03. The largest absolute Gasteiger partial charge is 0.573 e. The molecule has 3 N–H and O–H groups in total. The van der Waals surface area contributed by atoms with E-state index >= 15 is 0 Å². The molecule has 0 unspecified atom stereocenters. The molecule has 1 saturated carbocycles. The van der Waals surface area contributed by atoms with Crippen molar-refractivity contribution in [3.63, 3.8) is 0 Å². The highest BCUT2D eigenvalue weighted by Crippen LogP contribution is 2.44. The van der Waals surface area contributed by atoms with Crippen LogP contribution in [0.4, 0.5) is 24.7 Å². The molecule has 2 aromatic carbocycles. The smallest absolute Gasteiger partial charge is 0.404 e. The number of anilines is 2. The number of ketones is 1. The van der Waals surface area contributed by atoms with Crippen LogP contribution in [-0.4, -0.2) is 59.8 Å². The van der Waals surface area contributed by atoms with Crippen molar-refractivity contribution < 1.29 is 32.2 Å². The lowest BCUT2D eigenvalue weighted by molar-refractivity contribution is -0.274. The zero-order chi connectivity index (χ0) is 27.6. The maximum atomic E-state index is 13.2. The van der Waals surface area contributed by atoms with Gasteiger partial charge in [0.2, 0.25) is 5.91 Å². The van der Waals surface area contributed by atoms with Gasteiger partial charge in [-0.1, -0.05) is 24.3 Å². The third-order valence-electron chi connectivity index (χ3n) is 6.98. The number of nitrogens with zero attached hydrogens (tertiary/aromatic N) is 2. The Morgan fingerprint density at radius 1 is 1.03 bits per heavy atom. The van der Waals surface area contributed by atoms with Gasteiger partial charge in [-0.25, -0.2) is 4.98 Å². The number of rotatable bonds is 8. The number of nitrogens with one attached hydrogen (secondary N) is 1. The van der Waals surface area contributed by atoms with Gasteiger partial charge in [0, 0.05) is 36.8 Å². The van der Waals surface area contributed by atoms with Crippen LogP contribution in [0.25, 0.3) is 11.1 Å². The van der Waals surface area contributed by atoms with E-state index in [0.717, 1.165) is 22.8 Å². The Kier molecular flexibility index (Phi) is 7.28. The van der Waals surface area contributed by atoms with E-state index in [9.17, 15) is 22.8 Å². The Hall–Kier alpha value is -3.96. The number of carbonyl (C=O) groups excluding carboxylic acids is 2. The highest BCUT2D eigenvalue weighted by Gasteiger charge is 2.54. The molecule has 204 valence electrons. The number of halogens is 3. The molecule has 5 rings (SSSR count). The van der Waals surface area contributed by atoms with Gasteiger partial charge in [0.15, 0.2) is 11.5 Å². The number of hydrogen-bond acceptors (Lipinski definition) is 7. The molecule has 11 heteroatoms. The van der Waals surface area contributed by atoms with Crippen LogP contribution in [0.2, 0.25) is 0 Å². The number of benzene rings is 2. The molecule has 1 aromatic heterocycles. The minimum Gasteiger partial charge on any atom is -0.404 e. The van der Waals surface area contributed by atoms with Crippen LogP contribution in [-0.2, 0) is 16.0 Å². The molecule has 8 nitrogen and oxygen atoms in total. The summed E-state index contributed by atoms with van der Waals surface area (Å²) in [4.78, 5) is 32.4. The third kappa shape index (κ3) is 6.21. The van der Waals surface area contributed by atoms with Crippen LogP contribution >= 0.6 is 0 Å². The van der Waals surface area contributed by atoms with Crippen molar-refractivity contribution in [1.29, 1.82) is 0 Å². The van der Waals surface area contributed by atoms with Crippen molar-refractivity contribution in [2.24, 2.45) is 0 Å². The summed E-state index contributed by atoms with van der Waals surface area (Å²) in [5.41, 5.74) is 7.28. The third-order valence-corrected chi connectivity index (χ3v) is 6.98. The van der Waals surface area contributed by atoms with E-state index in [4.69, 9.17) is 10.5 Å². The zero-order valence-corrected chi connectivity index (χ0v) is 21.0. The van der Waals surface area contributed by atoms with Crippen molar-refractivity contribution in [2.45, 2.75) is 31.2 Å². The summed E-state index contributed by atoms with van der Waals surface area (Å²) in [6.45, 7) is 2.09. The molecule has 0 spiro atoms. The molecule has 39 heavy (non-hydrogen) atoms. The predicted octanol–water partition coefficient (Wildman–Crippen LogP) is 4.46. The Balaban J connectivity index is 1.33. The lowest BCUT2D eigenvalue weighted by Gasteiger charge is -2.34. The van der Waals surface area contributed by atoms with Crippen molar-refractivity contribution in [3.8, 4) is 16.9 Å². The van der Waals surface area contributed by atoms with Crippen LogP contribution in [0.3, 0.4) is 0 Å². The SMILES string of the molecule is Nc1ccc(-c2ccc(CC(=O)c3ccc(OC(F)(F)F)c(NC(=O)C4(N5CCOCC5)CC4)c3)cc2)cn1. The van der Waals surface area contributed by atoms with E-state index in [1.165, 1.54) is 12.1 Å². The van der Waals surface area contributed by atoms with Gasteiger partial charge < -0.3 is 20.5 Å². The number of Topliss-reactive ketones (excluding diaryl/α,β-unsaturated/α-hetero) is 1. The Morgan fingerprint density at radius 3 is 2.33 bits per heavy atom. The number of carbonyl (C=O) groups is 2. The summed E-state index contributed by atoms with van der Waals surface area (Å²) in [5.74, 6) is -0.905. The predicted molar refractivity (Wildman–Crippen MR) is 138 cm³/mol. The van der Waals surface area contributed by atoms with Crippen LogP contribution in [0.5, 0.6) is 5.75 Å². The van der Waals surface area contributed by atoms with E-state index in [1.807, 2.05) is 23.1 Å². The maximum Gasteiger partial charge on any atom is 0.573 e. The molecule has 3 aromatic rings. The van der Waals surface area contributed by atoms with E-state index in [-0.39, 0.29) is 23.5 Å². The second-order valence-electron chi connectivity index (χ2n) is 9.61. The van der Waals surface area contributed by atoms with E-state index < -0.39 is 23.6 Å². The number of pyridine rings is 1. The highest BCUT2D eigenvalue weighted by atomic mass is 19.4. The topological polar surface area (TPSA) is 107 Å². The second kappa shape index (κ2) is 10.7. The van der Waals surface area contributed by atoms with Crippen LogP contribution in [0.15, 0.2) is 60.8 Å². The van der Waals surface area contributed by atoms with Crippen LogP contribution in [0, 0.1) is 0 Å². The van der Waals surface area contributed by atoms with Gasteiger partial charge in [0.25, 0.3) is 0 Å². The molecule has 2 fully saturated rings. The number of amides is 1. The first-order valence-corrected chi connectivity index (χ1v) is 12.5. The van der Waals surface area contributed by atoms with Gasteiger partial charge in [-0.3, -0.25) is 14.5 Å². The van der Waals surface area contributed by atoms with E-state index in [1.54, 1.807) is 24.4 Å². The lowest BCUT2D eigenvalue weighted by Crippen LogP contribution is -2.51. The molecular weight excluding hydrogens is 513 g/mol. The number of alkyl halides is 3. The molecule has 0 atom stereocenters. The maximum absolute atomic E-state index is 13.2. The Labute approximate surface area is 222 Å². The molecule has 1 aliphatic carbocycles. The first-order chi connectivity index (χ1) is 18.6. The van der Waals surface area contributed by atoms with Gasteiger partial charge in [-0.05, 0) is 54.3 Å². The van der Waals surface area contributed by atoms with Crippen molar-refractivity contribution in [2.75, 3.05) is 37.4 Å². The first-order valence-electron chi connectivity index (χ1n) is 12.5. The normalized spacial score (nSPS) is 16.9. The number of nitrogen functional groups attached to an aromatic ring is 1. The van der Waals surface area contributed by atoms with Crippen molar-refractivity contribution in [3.05, 3.63) is 71.9 Å². The minimum atomic E-state index is -4.96. The van der Waals surface area contributed by atoms with Crippen molar-refractivity contribution in [1.82, 2.24) is 9.88 Å². The lowest BCUT2D eigenvalue weighted by atomic mass is 9.99. The zero-order valence-electron chi connectivity index (χ0n) is 21.0. The fourth-order valence-electron chi connectivity index (χ4n) is 4.73. The monoisotopic (exact) mass is 540 g/mol.